The Morgan fingerprint density at radius 2 is 0.270 bits per heavy atom. The molecule has 0 rings (SSSR count). The summed E-state index contributed by atoms with van der Waals surface area (Å²) in [6, 6.07) is 33.2. The summed E-state index contributed by atoms with van der Waals surface area (Å²) < 4.78 is 0. The molecular weight excluding hydrogens is 1490 g/mol. The molecule has 0 saturated carbocycles. The molecule has 0 N–H and O–H groups in total. The fourth-order valence-corrected chi connectivity index (χ4v) is 61.1. The standard InChI is InChI=1S/C77H178N8S8Si7/c1-25-26-57-94(18,58-27-60-95(19,62-29-66-97(21,70-49-86-41-33-78(2)3)71-50-87-42-34-79(4)5)63-30-67-98(22,72-51-88-43-35-80(6)7)73-52-89-44-36-81(8)9)59-28-61-96(20,64-31-68-99(23,74-53-90-45-37-82(10)11)75-54-91-46-38-83(12)13)65-32-69-100(24,76-55-92-47-39-84(14)15)77-56-93-48-40-85(16)17/h25-77H2,1-24H3. The zero-order valence-corrected chi connectivity index (χ0v) is 85.4. The molecule has 0 aromatic rings. The van der Waals surface area contributed by atoms with E-state index in [0.29, 0.717) is 0 Å². The molecule has 0 bridgehead atoms. The van der Waals surface area contributed by atoms with Crippen LogP contribution in [-0.4, -0.2) is 353 Å². The van der Waals surface area contributed by atoms with Crippen molar-refractivity contribution in [3.8, 4) is 0 Å². The predicted octanol–water partition coefficient (Wildman–Crippen LogP) is 21.0. The number of hydrogen-bond donors (Lipinski definition) is 0. The summed E-state index contributed by atoms with van der Waals surface area (Å²) >= 11 is 18.1. The maximum Gasteiger partial charge on any atom is 0.0520 e. The summed E-state index contributed by atoms with van der Waals surface area (Å²) in [5.41, 5.74) is 0. The van der Waals surface area contributed by atoms with Crippen molar-refractivity contribution < 1.29 is 0 Å². The molecule has 8 nitrogen and oxygen atoms in total. The highest BCUT2D eigenvalue weighted by Gasteiger charge is 2.37. The Hall–Kier alpha value is 4.00. The van der Waals surface area contributed by atoms with Crippen LogP contribution in [0.25, 0.3) is 0 Å². The van der Waals surface area contributed by atoms with Gasteiger partial charge in [-0.05, 0) is 207 Å². The largest absolute Gasteiger partial charge is 0.309 e. The molecule has 0 fully saturated rings. The van der Waals surface area contributed by atoms with Gasteiger partial charge >= 0.3 is 0 Å². The highest BCUT2D eigenvalue weighted by atomic mass is 32.2. The van der Waals surface area contributed by atoms with Gasteiger partial charge in [-0.2, -0.15) is 94.1 Å². The molecular formula is C77H178N8S8Si7. The second-order valence-corrected chi connectivity index (χ2v) is 81.9. The van der Waals surface area contributed by atoms with Gasteiger partial charge in [-0.25, -0.2) is 0 Å². The van der Waals surface area contributed by atoms with E-state index in [2.05, 4.69) is 299 Å². The van der Waals surface area contributed by atoms with Crippen molar-refractivity contribution in [2.24, 2.45) is 0 Å². The van der Waals surface area contributed by atoms with E-state index in [0.717, 1.165) is 0 Å². The van der Waals surface area contributed by atoms with Crippen molar-refractivity contribution in [1.29, 1.82) is 0 Å². The van der Waals surface area contributed by atoms with Crippen LogP contribution in [0.5, 0.6) is 0 Å². The first-order valence-electron chi connectivity index (χ1n) is 40.9. The second kappa shape index (κ2) is 62.4. The summed E-state index contributed by atoms with van der Waals surface area (Å²) in [6.45, 7) is 32.7. The van der Waals surface area contributed by atoms with Gasteiger partial charge < -0.3 is 39.2 Å². The SMILES string of the molecule is CCCC[Si](C)(CCC[Si](C)(CCC[Si](C)(CCSCCN(C)C)CCSCCN(C)C)CCC[Si](C)(CCSCCN(C)C)CCSCCN(C)C)CCC[Si](C)(CCC[Si](C)(CCSCCN(C)C)CCSCCN(C)C)CCC[Si](C)(CCSCCN(C)C)CCSCCN(C)C. The van der Waals surface area contributed by atoms with Crippen molar-refractivity contribution in [3.05, 3.63) is 0 Å². The Morgan fingerprint density at radius 1 is 0.160 bits per heavy atom. The number of unbranched alkanes of at least 4 members (excludes halogenated alkanes) is 1. The van der Waals surface area contributed by atoms with Gasteiger partial charge in [0.15, 0.2) is 0 Å². The van der Waals surface area contributed by atoms with E-state index >= 15 is 0 Å². The smallest absolute Gasteiger partial charge is 0.0520 e. The molecule has 0 heterocycles. The molecule has 23 heteroatoms. The van der Waals surface area contributed by atoms with E-state index in [4.69, 9.17) is 0 Å². The molecule has 0 saturated heterocycles. The fraction of sp³-hybridized carbons (Fsp3) is 1.00. The zero-order chi connectivity index (χ0) is 75.3. The van der Waals surface area contributed by atoms with Crippen LogP contribution in [0, 0.1) is 0 Å². The summed E-state index contributed by atoms with van der Waals surface area (Å²) in [4.78, 5) is 19.1. The van der Waals surface area contributed by atoms with Gasteiger partial charge in [0, 0.05) is 98.4 Å². The van der Waals surface area contributed by atoms with E-state index < -0.39 is 56.5 Å². The van der Waals surface area contributed by atoms with Crippen LogP contribution in [-0.2, 0) is 0 Å². The van der Waals surface area contributed by atoms with Crippen molar-refractivity contribution >= 4 is 151 Å². The lowest BCUT2D eigenvalue weighted by Crippen LogP contribution is -2.37. The molecule has 0 spiro atoms. The van der Waals surface area contributed by atoms with Gasteiger partial charge in [0.1, 0.15) is 0 Å². The van der Waals surface area contributed by atoms with Gasteiger partial charge in [0.2, 0.25) is 0 Å². The Labute approximate surface area is 671 Å². The molecule has 0 unspecified atom stereocenters. The first-order valence-corrected chi connectivity index (χ1v) is 72.0. The third-order valence-corrected chi connectivity index (χ3v) is 65.3. The van der Waals surface area contributed by atoms with Gasteiger partial charge in [0.25, 0.3) is 0 Å². The van der Waals surface area contributed by atoms with Crippen molar-refractivity contribution in [2.45, 2.75) is 231 Å². The van der Waals surface area contributed by atoms with Gasteiger partial charge in [0.05, 0.1) is 56.5 Å². The van der Waals surface area contributed by atoms with Crippen LogP contribution >= 0.6 is 94.1 Å². The molecule has 0 aliphatic carbocycles. The van der Waals surface area contributed by atoms with E-state index in [1.165, 1.54) is 206 Å². The average molecular weight is 1670 g/mol. The molecule has 0 aliphatic rings. The minimum absolute atomic E-state index is 1.22. The van der Waals surface area contributed by atoms with E-state index in [9.17, 15) is 0 Å². The number of nitrogens with zero attached hydrogens (tertiary/aromatic N) is 8. The fourth-order valence-electron chi connectivity index (χ4n) is 14.2. The van der Waals surface area contributed by atoms with Gasteiger partial charge in [-0.15, -0.1) is 0 Å². The topological polar surface area (TPSA) is 25.9 Å². The quantitative estimate of drug-likeness (QED) is 0.0427. The third-order valence-electron chi connectivity index (χ3n) is 22.8. The number of hydrogen-bond acceptors (Lipinski definition) is 16. The molecule has 0 aromatic carbocycles. The van der Waals surface area contributed by atoms with E-state index in [1.54, 1.807) is 117 Å². The molecule has 0 aromatic heterocycles. The van der Waals surface area contributed by atoms with E-state index in [-0.39, 0.29) is 0 Å². The lowest BCUT2D eigenvalue weighted by atomic mass is 10.4. The average Bonchev–Trinajstić information content (AvgIpc) is 0.861. The van der Waals surface area contributed by atoms with Crippen LogP contribution in [0.4, 0.5) is 0 Å². The van der Waals surface area contributed by atoms with Crippen LogP contribution in [0.3, 0.4) is 0 Å². The maximum absolute atomic E-state index is 3.00. The molecule has 602 valence electrons. The molecule has 0 amide bonds. The van der Waals surface area contributed by atoms with Gasteiger partial charge in [-0.3, -0.25) is 0 Å². The highest BCUT2D eigenvalue weighted by molar-refractivity contribution is 8.01. The Kier molecular flexibility index (Phi) is 64.9. The Bertz CT molecular complexity index is 1560. The maximum atomic E-state index is 3.00. The number of thioether (sulfide) groups is 8. The first kappa shape index (κ1) is 104. The van der Waals surface area contributed by atoms with Crippen molar-refractivity contribution in [1.82, 2.24) is 39.2 Å². The van der Waals surface area contributed by atoms with Crippen molar-refractivity contribution in [3.63, 3.8) is 0 Å². The summed E-state index contributed by atoms with van der Waals surface area (Å²) in [7, 11) is 26.3. The van der Waals surface area contributed by atoms with Crippen LogP contribution in [0.1, 0.15) is 58.3 Å². The molecule has 0 radical (unpaired) electrons. The molecule has 100 heavy (non-hydrogen) atoms. The Balaban J connectivity index is 7.18. The summed E-state index contributed by atoms with van der Waals surface area (Å²) in [6.07, 6.45) is 12.2. The second-order valence-electron chi connectivity index (χ2n) is 36.2. The predicted molar refractivity (Wildman–Crippen MR) is 512 cm³/mol. The first-order chi connectivity index (χ1) is 47.1. The lowest BCUT2D eigenvalue weighted by Gasteiger charge is -2.36. The van der Waals surface area contributed by atoms with E-state index in [1.807, 2.05) is 0 Å². The van der Waals surface area contributed by atoms with Crippen molar-refractivity contribution in [2.75, 3.05) is 257 Å². The lowest BCUT2D eigenvalue weighted by molar-refractivity contribution is 0.437. The monoisotopic (exact) mass is 1670 g/mol. The highest BCUT2D eigenvalue weighted by Crippen LogP contribution is 2.41. The zero-order valence-electron chi connectivity index (χ0n) is 71.8. The summed E-state index contributed by atoms with van der Waals surface area (Å²) in [5.74, 6) is 21.5. The van der Waals surface area contributed by atoms with Crippen LogP contribution < -0.4 is 0 Å². The summed E-state index contributed by atoms with van der Waals surface area (Å²) in [5, 5.41) is 0. The minimum atomic E-state index is -1.47. The van der Waals surface area contributed by atoms with Gasteiger partial charge in [-0.1, -0.05) is 183 Å². The Morgan fingerprint density at radius 3 is 0.380 bits per heavy atom. The number of rotatable bonds is 75. The minimum Gasteiger partial charge on any atom is -0.309 e. The normalized spacial score (nSPS) is 13.6. The van der Waals surface area contributed by atoms with Crippen LogP contribution in [0.2, 0.25) is 173 Å². The third kappa shape index (κ3) is 62.5. The van der Waals surface area contributed by atoms with Crippen LogP contribution in [0.15, 0.2) is 0 Å². The molecule has 0 atom stereocenters. The molecule has 0 aliphatic heterocycles.